The van der Waals surface area contributed by atoms with Gasteiger partial charge in [0, 0.05) is 11.8 Å². The van der Waals surface area contributed by atoms with E-state index >= 15 is 0 Å². The van der Waals surface area contributed by atoms with E-state index in [1.807, 2.05) is 0 Å². The molecule has 3 nitrogen and oxygen atoms in total. The third-order valence-corrected chi connectivity index (χ3v) is 7.71. The molecule has 3 heteroatoms. The largest absolute Gasteiger partial charge is 0.493 e. The minimum atomic E-state index is -0.298. The summed E-state index contributed by atoms with van der Waals surface area (Å²) in [5, 5.41) is 19.1. The van der Waals surface area contributed by atoms with Crippen molar-refractivity contribution in [3.05, 3.63) is 64.2 Å². The molecule has 0 aliphatic rings. The number of aryl methyl sites for hydroxylation is 3. The third-order valence-electron chi connectivity index (χ3n) is 7.71. The van der Waals surface area contributed by atoms with Gasteiger partial charge in [0.15, 0.2) is 0 Å². The molecular weight excluding hydrogens is 430 g/mol. The molecule has 0 aliphatic carbocycles. The molecule has 0 aliphatic heterocycles. The Bertz CT molecular complexity index is 976. The summed E-state index contributed by atoms with van der Waals surface area (Å²) in [7, 11) is 0. The topological polar surface area (TPSA) is 53.2 Å². The van der Waals surface area contributed by atoms with Gasteiger partial charge in [0.2, 0.25) is 0 Å². The Labute approximate surface area is 214 Å². The molecule has 0 aromatic heterocycles. The number of aliphatic hydroxyl groups is 1. The van der Waals surface area contributed by atoms with Crippen LogP contribution in [-0.2, 0) is 11.8 Å². The number of nitrogens with zero attached hydrogens (tertiary/aromatic N) is 1. The lowest BCUT2D eigenvalue weighted by Gasteiger charge is -2.34. The molecular formula is C32H47NO2. The number of hydrogen-bond acceptors (Lipinski definition) is 3. The zero-order chi connectivity index (χ0) is 26.1. The average Bonchev–Trinajstić information content (AvgIpc) is 2.82. The number of unbranched alkanes of at least 4 members (excludes halogenated alkanes) is 3. The lowest BCUT2D eigenvalue weighted by molar-refractivity contribution is 0.0560. The SMILES string of the molecule is CCC(CC)(c1ccc(CCC(O)C(C)(C)C)c(C)c1)c1ccc(OCCCCCC#N)c(C)c1. The highest BCUT2D eigenvalue weighted by molar-refractivity contribution is 5.47. The molecule has 0 spiro atoms. The zero-order valence-electron chi connectivity index (χ0n) is 23.2. The zero-order valence-corrected chi connectivity index (χ0v) is 23.2. The van der Waals surface area contributed by atoms with Crippen molar-refractivity contribution in [2.24, 2.45) is 5.41 Å². The second-order valence-corrected chi connectivity index (χ2v) is 11.1. The van der Waals surface area contributed by atoms with E-state index < -0.39 is 0 Å². The van der Waals surface area contributed by atoms with E-state index in [2.05, 4.69) is 90.9 Å². The monoisotopic (exact) mass is 477 g/mol. The van der Waals surface area contributed by atoms with Crippen molar-refractivity contribution in [1.29, 1.82) is 5.26 Å². The highest BCUT2D eigenvalue weighted by Crippen LogP contribution is 2.41. The fraction of sp³-hybridized carbons (Fsp3) is 0.594. The minimum Gasteiger partial charge on any atom is -0.493 e. The summed E-state index contributed by atoms with van der Waals surface area (Å²) in [6, 6.07) is 15.8. The van der Waals surface area contributed by atoms with Crippen LogP contribution in [0.4, 0.5) is 0 Å². The highest BCUT2D eigenvalue weighted by atomic mass is 16.5. The molecule has 2 rings (SSSR count). The molecule has 1 unspecified atom stereocenters. The fourth-order valence-electron chi connectivity index (χ4n) is 5.01. The summed E-state index contributed by atoms with van der Waals surface area (Å²) in [4.78, 5) is 0. The van der Waals surface area contributed by atoms with E-state index in [4.69, 9.17) is 10.00 Å². The molecule has 1 N–H and O–H groups in total. The number of hydrogen-bond donors (Lipinski definition) is 1. The van der Waals surface area contributed by atoms with E-state index in [1.165, 1.54) is 27.8 Å². The van der Waals surface area contributed by atoms with Gasteiger partial charge in [-0.3, -0.25) is 0 Å². The number of nitriles is 1. The Morgan fingerprint density at radius 2 is 1.54 bits per heavy atom. The second kappa shape index (κ2) is 13.1. The van der Waals surface area contributed by atoms with Crippen LogP contribution in [0.1, 0.15) is 107 Å². The van der Waals surface area contributed by atoms with Crippen LogP contribution in [0.25, 0.3) is 0 Å². The van der Waals surface area contributed by atoms with Crippen molar-refractivity contribution in [1.82, 2.24) is 0 Å². The first-order valence-corrected chi connectivity index (χ1v) is 13.5. The fourth-order valence-corrected chi connectivity index (χ4v) is 5.01. The Balaban J connectivity index is 2.20. The molecule has 2 aromatic rings. The van der Waals surface area contributed by atoms with Crippen molar-refractivity contribution >= 4 is 0 Å². The van der Waals surface area contributed by atoms with Gasteiger partial charge in [-0.25, -0.2) is 0 Å². The van der Waals surface area contributed by atoms with Crippen LogP contribution in [0.3, 0.4) is 0 Å². The molecule has 0 bridgehead atoms. The van der Waals surface area contributed by atoms with Gasteiger partial charge >= 0.3 is 0 Å². The quantitative estimate of drug-likeness (QED) is 0.296. The maximum absolute atomic E-state index is 10.5. The predicted molar refractivity (Wildman–Crippen MR) is 147 cm³/mol. The maximum atomic E-state index is 10.5. The van der Waals surface area contributed by atoms with Gasteiger partial charge in [0.05, 0.1) is 18.8 Å². The number of ether oxygens (including phenoxy) is 1. The Kier molecular flexibility index (Phi) is 10.8. The van der Waals surface area contributed by atoms with Crippen LogP contribution >= 0.6 is 0 Å². The smallest absolute Gasteiger partial charge is 0.122 e. The summed E-state index contributed by atoms with van der Waals surface area (Å²) >= 11 is 0. The van der Waals surface area contributed by atoms with Crippen LogP contribution in [-0.4, -0.2) is 17.8 Å². The van der Waals surface area contributed by atoms with Gasteiger partial charge in [0.25, 0.3) is 0 Å². The first kappa shape index (κ1) is 28.9. The third kappa shape index (κ3) is 7.58. The van der Waals surface area contributed by atoms with E-state index in [9.17, 15) is 5.11 Å². The summed E-state index contributed by atoms with van der Waals surface area (Å²) in [5.74, 6) is 0.957. The van der Waals surface area contributed by atoms with Gasteiger partial charge in [-0.1, -0.05) is 65.0 Å². The summed E-state index contributed by atoms with van der Waals surface area (Å²) in [6.07, 6.45) is 7.04. The van der Waals surface area contributed by atoms with Crippen LogP contribution in [0.2, 0.25) is 0 Å². The Hall–Kier alpha value is -2.31. The van der Waals surface area contributed by atoms with E-state index in [0.29, 0.717) is 13.0 Å². The van der Waals surface area contributed by atoms with Gasteiger partial charge in [-0.15, -0.1) is 0 Å². The molecule has 0 heterocycles. The van der Waals surface area contributed by atoms with Crippen LogP contribution in [0, 0.1) is 30.6 Å². The summed E-state index contributed by atoms with van der Waals surface area (Å²) in [5.41, 5.74) is 6.40. The van der Waals surface area contributed by atoms with Crippen LogP contribution < -0.4 is 4.74 Å². The van der Waals surface area contributed by atoms with Gasteiger partial charge in [-0.2, -0.15) is 5.26 Å². The molecule has 0 fully saturated rings. The number of benzene rings is 2. The molecule has 2 aromatic carbocycles. The minimum absolute atomic E-state index is 0.0329. The number of aliphatic hydroxyl groups excluding tert-OH is 1. The molecule has 0 saturated carbocycles. The van der Waals surface area contributed by atoms with Crippen molar-refractivity contribution in [2.75, 3.05) is 6.61 Å². The first-order chi connectivity index (χ1) is 16.6. The summed E-state index contributed by atoms with van der Waals surface area (Å²) < 4.78 is 6.06. The van der Waals surface area contributed by atoms with Crippen molar-refractivity contribution in [2.45, 2.75) is 111 Å². The van der Waals surface area contributed by atoms with Gasteiger partial charge in [0.1, 0.15) is 5.75 Å². The molecule has 0 radical (unpaired) electrons. The standard InChI is InChI=1S/C32H47NO2/c1-8-32(9-2,27-16-14-26(24(3)22-27)15-19-30(34)31(5,6)7)28-17-18-29(25(4)23-28)35-21-13-11-10-12-20-33/h14,16-18,22-23,30,34H,8-13,15,19,21H2,1-7H3. The van der Waals surface area contributed by atoms with Gasteiger partial charge < -0.3 is 9.84 Å². The second-order valence-electron chi connectivity index (χ2n) is 11.1. The summed E-state index contributed by atoms with van der Waals surface area (Å²) in [6.45, 7) is 15.9. The van der Waals surface area contributed by atoms with Crippen molar-refractivity contribution in [3.63, 3.8) is 0 Å². The van der Waals surface area contributed by atoms with Crippen molar-refractivity contribution < 1.29 is 9.84 Å². The van der Waals surface area contributed by atoms with Crippen LogP contribution in [0.5, 0.6) is 5.75 Å². The lowest BCUT2D eigenvalue weighted by Crippen LogP contribution is -2.27. The van der Waals surface area contributed by atoms with Crippen LogP contribution in [0.15, 0.2) is 36.4 Å². The highest BCUT2D eigenvalue weighted by Gasteiger charge is 2.31. The number of rotatable bonds is 13. The predicted octanol–water partition coefficient (Wildman–Crippen LogP) is 8.21. The van der Waals surface area contributed by atoms with Gasteiger partial charge in [-0.05, 0) is 98.1 Å². The Morgan fingerprint density at radius 1 is 0.914 bits per heavy atom. The van der Waals surface area contributed by atoms with E-state index in [1.54, 1.807) is 0 Å². The van der Waals surface area contributed by atoms with Crippen molar-refractivity contribution in [3.8, 4) is 11.8 Å². The first-order valence-electron chi connectivity index (χ1n) is 13.5. The van der Waals surface area contributed by atoms with E-state index in [0.717, 1.165) is 50.7 Å². The molecule has 192 valence electrons. The molecule has 1 atom stereocenters. The lowest BCUT2D eigenvalue weighted by atomic mass is 9.69. The maximum Gasteiger partial charge on any atom is 0.122 e. The molecule has 35 heavy (non-hydrogen) atoms. The Morgan fingerprint density at radius 3 is 2.09 bits per heavy atom. The average molecular weight is 478 g/mol. The van der Waals surface area contributed by atoms with E-state index in [-0.39, 0.29) is 16.9 Å². The molecule has 0 amide bonds. The molecule has 0 saturated heterocycles. The normalized spacial score (nSPS) is 12.9.